The van der Waals surface area contributed by atoms with Crippen LogP contribution in [-0.2, 0) is 0 Å². The maximum Gasteiger partial charge on any atom is 0.175 e. The summed E-state index contributed by atoms with van der Waals surface area (Å²) in [4.78, 5) is 2.68. The molecule has 8 heteroatoms. The minimum atomic E-state index is 0.553. The van der Waals surface area contributed by atoms with Crippen LogP contribution in [0.25, 0.3) is 10.4 Å². The van der Waals surface area contributed by atoms with E-state index < -0.39 is 0 Å². The van der Waals surface area contributed by atoms with Gasteiger partial charge in [-0.15, -0.1) is 10.2 Å². The second-order valence-corrected chi connectivity index (χ2v) is 5.57. The summed E-state index contributed by atoms with van der Waals surface area (Å²) in [5, 5.41) is 11.4. The van der Waals surface area contributed by atoms with Crippen molar-refractivity contribution in [3.8, 4) is 0 Å². The number of rotatable bonds is 6. The lowest BCUT2D eigenvalue weighted by atomic mass is 10.5. The zero-order chi connectivity index (χ0) is 10.2. The maximum absolute atomic E-state index is 8.05. The summed E-state index contributed by atoms with van der Waals surface area (Å²) in [5.41, 5.74) is 8.05. The lowest BCUT2D eigenvalue weighted by molar-refractivity contribution is 0.924. The first-order valence-corrected chi connectivity index (χ1v) is 6.90. The third-order valence-corrected chi connectivity index (χ3v) is 4.37. The third kappa shape index (κ3) is 4.19. The fraction of sp³-hybridized carbons (Fsp3) is 0.667. The molecule has 1 heterocycles. The van der Waals surface area contributed by atoms with Gasteiger partial charge in [-0.05, 0) is 18.2 Å². The Balaban J connectivity index is 2.21. The van der Waals surface area contributed by atoms with Gasteiger partial charge in [-0.2, -0.15) is 0 Å². The highest BCUT2D eigenvalue weighted by Gasteiger charge is 2.02. The average Bonchev–Trinajstić information content (AvgIpc) is 2.65. The molecule has 0 fully saturated rings. The summed E-state index contributed by atoms with van der Waals surface area (Å²) in [6.07, 6.45) is 2.86. The predicted molar refractivity (Wildman–Crippen MR) is 61.0 cm³/mol. The third-order valence-electron chi connectivity index (χ3n) is 1.25. The second kappa shape index (κ2) is 6.94. The smallest absolute Gasteiger partial charge is 0.131 e. The molecule has 1 aromatic rings. The number of hydrogen-bond acceptors (Lipinski definition) is 6. The van der Waals surface area contributed by atoms with Crippen molar-refractivity contribution >= 4 is 34.9 Å². The second-order valence-electron chi connectivity index (χ2n) is 2.19. The fourth-order valence-corrected chi connectivity index (χ4v) is 3.11. The molecule has 0 aliphatic carbocycles. The Morgan fingerprint density at radius 2 is 2.29 bits per heavy atom. The first kappa shape index (κ1) is 11.6. The van der Waals surface area contributed by atoms with Gasteiger partial charge in [0.25, 0.3) is 0 Å². The number of hydrogen-bond donors (Lipinski definition) is 0. The number of aromatic nitrogens is 2. The number of thioether (sulfide) groups is 2. The van der Waals surface area contributed by atoms with E-state index in [1.54, 1.807) is 34.9 Å². The molecule has 0 atom stereocenters. The van der Waals surface area contributed by atoms with Gasteiger partial charge in [-0.25, -0.2) is 0 Å². The highest BCUT2D eigenvalue weighted by molar-refractivity contribution is 8.02. The molecule has 0 amide bonds. The van der Waals surface area contributed by atoms with E-state index in [9.17, 15) is 0 Å². The lowest BCUT2D eigenvalue weighted by Gasteiger charge is -1.91. The van der Waals surface area contributed by atoms with Gasteiger partial charge in [-0.3, -0.25) is 0 Å². The Kier molecular flexibility index (Phi) is 5.77. The summed E-state index contributed by atoms with van der Waals surface area (Å²) in [5.74, 6) is 0.919. The standard InChI is InChI=1S/C6H9N5S3/c1-12-5-9-10-6(14-5)13-4-2-3-8-11-7/h2-4H2,1H3. The quantitative estimate of drug-likeness (QED) is 0.254. The van der Waals surface area contributed by atoms with E-state index in [0.29, 0.717) is 6.54 Å². The maximum atomic E-state index is 8.05. The molecule has 76 valence electrons. The molecule has 0 aliphatic heterocycles. The van der Waals surface area contributed by atoms with Gasteiger partial charge in [0.15, 0.2) is 8.68 Å². The number of nitrogens with zero attached hydrogens (tertiary/aromatic N) is 5. The van der Waals surface area contributed by atoms with Crippen LogP contribution in [0.1, 0.15) is 6.42 Å². The first-order chi connectivity index (χ1) is 6.86. The van der Waals surface area contributed by atoms with Crippen LogP contribution in [-0.4, -0.2) is 28.8 Å². The van der Waals surface area contributed by atoms with Gasteiger partial charge in [0.05, 0.1) is 0 Å². The molecule has 0 saturated heterocycles. The first-order valence-electron chi connectivity index (χ1n) is 3.88. The highest BCUT2D eigenvalue weighted by Crippen LogP contribution is 2.27. The van der Waals surface area contributed by atoms with E-state index in [0.717, 1.165) is 20.9 Å². The molecular formula is C6H9N5S3. The van der Waals surface area contributed by atoms with Crippen LogP contribution in [0.5, 0.6) is 0 Å². The van der Waals surface area contributed by atoms with Crippen molar-refractivity contribution in [2.45, 2.75) is 15.1 Å². The van der Waals surface area contributed by atoms with Crippen molar-refractivity contribution < 1.29 is 0 Å². The Morgan fingerprint density at radius 1 is 1.50 bits per heavy atom. The van der Waals surface area contributed by atoms with E-state index >= 15 is 0 Å². The van der Waals surface area contributed by atoms with Crippen molar-refractivity contribution in [3.05, 3.63) is 10.4 Å². The largest absolute Gasteiger partial charge is 0.175 e. The Labute approximate surface area is 94.3 Å². The highest BCUT2D eigenvalue weighted by atomic mass is 32.2. The minimum absolute atomic E-state index is 0.553. The van der Waals surface area contributed by atoms with Gasteiger partial charge in [0.2, 0.25) is 0 Å². The summed E-state index contributed by atoms with van der Waals surface area (Å²) in [6.45, 7) is 0.553. The van der Waals surface area contributed by atoms with Gasteiger partial charge < -0.3 is 0 Å². The fourth-order valence-electron chi connectivity index (χ4n) is 0.677. The van der Waals surface area contributed by atoms with E-state index in [-0.39, 0.29) is 0 Å². The molecule has 1 aromatic heterocycles. The van der Waals surface area contributed by atoms with Crippen LogP contribution in [0, 0.1) is 0 Å². The van der Waals surface area contributed by atoms with Crippen LogP contribution in [0.2, 0.25) is 0 Å². The van der Waals surface area contributed by atoms with E-state index in [1.807, 2.05) is 6.26 Å². The van der Waals surface area contributed by atoms with Crippen molar-refractivity contribution in [2.75, 3.05) is 18.6 Å². The molecule has 0 bridgehead atoms. The molecule has 0 spiro atoms. The molecule has 14 heavy (non-hydrogen) atoms. The molecular weight excluding hydrogens is 238 g/mol. The van der Waals surface area contributed by atoms with Crippen LogP contribution in [0.4, 0.5) is 0 Å². The molecule has 0 saturated carbocycles. The van der Waals surface area contributed by atoms with E-state index in [1.165, 1.54) is 0 Å². The minimum Gasteiger partial charge on any atom is -0.131 e. The van der Waals surface area contributed by atoms with Crippen molar-refractivity contribution in [2.24, 2.45) is 5.11 Å². The lowest BCUT2D eigenvalue weighted by Crippen LogP contribution is -1.82. The van der Waals surface area contributed by atoms with Crippen LogP contribution >= 0.6 is 34.9 Å². The van der Waals surface area contributed by atoms with Crippen LogP contribution in [0.3, 0.4) is 0 Å². The van der Waals surface area contributed by atoms with Gasteiger partial charge in [0, 0.05) is 17.2 Å². The summed E-state index contributed by atoms with van der Waals surface area (Å²) in [7, 11) is 0. The Hall–Kier alpha value is -0.430. The van der Waals surface area contributed by atoms with Crippen molar-refractivity contribution in [1.29, 1.82) is 0 Å². The molecule has 5 nitrogen and oxygen atoms in total. The topological polar surface area (TPSA) is 74.5 Å². The summed E-state index contributed by atoms with van der Waals surface area (Å²) < 4.78 is 1.97. The summed E-state index contributed by atoms with van der Waals surface area (Å²) in [6, 6.07) is 0. The van der Waals surface area contributed by atoms with Gasteiger partial charge >= 0.3 is 0 Å². The molecule has 0 aromatic carbocycles. The monoisotopic (exact) mass is 247 g/mol. The van der Waals surface area contributed by atoms with E-state index in [4.69, 9.17) is 5.53 Å². The van der Waals surface area contributed by atoms with Gasteiger partial charge in [0.1, 0.15) is 0 Å². The SMILES string of the molecule is CSc1nnc(SCCCN=[N+]=[N-])s1. The summed E-state index contributed by atoms with van der Waals surface area (Å²) >= 11 is 4.85. The average molecular weight is 247 g/mol. The zero-order valence-electron chi connectivity index (χ0n) is 7.58. The Bertz CT molecular complexity index is 319. The molecule has 0 radical (unpaired) electrons. The molecule has 0 aliphatic rings. The zero-order valence-corrected chi connectivity index (χ0v) is 10.0. The normalized spacial score (nSPS) is 9.79. The molecule has 0 N–H and O–H groups in total. The van der Waals surface area contributed by atoms with Gasteiger partial charge in [-0.1, -0.05) is 40.0 Å². The molecule has 1 rings (SSSR count). The Morgan fingerprint density at radius 3 is 2.93 bits per heavy atom. The van der Waals surface area contributed by atoms with Crippen LogP contribution < -0.4 is 0 Å². The van der Waals surface area contributed by atoms with Crippen molar-refractivity contribution in [3.63, 3.8) is 0 Å². The van der Waals surface area contributed by atoms with Crippen molar-refractivity contribution in [1.82, 2.24) is 10.2 Å². The predicted octanol–water partition coefficient (Wildman–Crippen LogP) is 3.05. The van der Waals surface area contributed by atoms with Crippen LogP contribution in [0.15, 0.2) is 13.8 Å². The number of azide groups is 1. The molecule has 0 unspecified atom stereocenters. The van der Waals surface area contributed by atoms with E-state index in [2.05, 4.69) is 20.2 Å².